The highest BCUT2D eigenvalue weighted by molar-refractivity contribution is 5.85. The highest BCUT2D eigenvalue weighted by atomic mass is 16.5. The molecule has 0 radical (unpaired) electrons. The highest BCUT2D eigenvalue weighted by Gasteiger charge is 2.08. The number of aliphatic hydroxyl groups excluding tert-OH is 1. The summed E-state index contributed by atoms with van der Waals surface area (Å²) in [7, 11) is 0. The molecule has 2 aromatic carbocycles. The van der Waals surface area contributed by atoms with E-state index in [2.05, 4.69) is 4.98 Å². The summed E-state index contributed by atoms with van der Waals surface area (Å²) in [6, 6.07) is 12.7. The number of ether oxygens (including phenoxy) is 1. The van der Waals surface area contributed by atoms with E-state index >= 15 is 0 Å². The minimum Gasteiger partial charge on any atom is -0.484 e. The second-order valence-electron chi connectivity index (χ2n) is 4.40. The molecule has 1 aromatic heterocycles. The minimum atomic E-state index is -0.0172. The fourth-order valence-corrected chi connectivity index (χ4v) is 1.96. The summed E-state index contributed by atoms with van der Waals surface area (Å²) in [5.74, 6) is 1.12. The number of hydrogen-bond acceptors (Lipinski definition) is 5. The first-order chi connectivity index (χ1) is 9.76. The Morgan fingerprint density at radius 2 is 2.05 bits per heavy atom. The number of nitrogen functional groups attached to an aromatic ring is 1. The van der Waals surface area contributed by atoms with Crippen molar-refractivity contribution in [1.82, 2.24) is 4.98 Å². The van der Waals surface area contributed by atoms with Crippen LogP contribution >= 0.6 is 0 Å². The standard InChI is InChI=1S/C15H14N2O3/c16-12-5-2-6-13-15(12)17-14(20-13)9-19-11-4-1-3-10(7-11)8-18/h1-7,18H,8-9,16H2. The number of para-hydroxylation sites is 1. The van der Waals surface area contributed by atoms with Gasteiger partial charge in [0.25, 0.3) is 0 Å². The topological polar surface area (TPSA) is 81.5 Å². The largest absolute Gasteiger partial charge is 0.484 e. The van der Waals surface area contributed by atoms with Gasteiger partial charge in [-0.05, 0) is 29.8 Å². The summed E-state index contributed by atoms with van der Waals surface area (Å²) in [4.78, 5) is 4.30. The molecule has 0 fully saturated rings. The number of aromatic nitrogens is 1. The Kier molecular flexibility index (Phi) is 3.26. The van der Waals surface area contributed by atoms with Gasteiger partial charge in [0.05, 0.1) is 12.3 Å². The van der Waals surface area contributed by atoms with Gasteiger partial charge >= 0.3 is 0 Å². The number of aliphatic hydroxyl groups is 1. The molecule has 3 N–H and O–H groups in total. The first kappa shape index (κ1) is 12.5. The lowest BCUT2D eigenvalue weighted by Crippen LogP contribution is -1.96. The molecule has 0 atom stereocenters. The van der Waals surface area contributed by atoms with Gasteiger partial charge in [-0.25, -0.2) is 4.98 Å². The molecule has 0 amide bonds. The van der Waals surface area contributed by atoms with Gasteiger partial charge in [0.2, 0.25) is 5.89 Å². The van der Waals surface area contributed by atoms with Crippen molar-refractivity contribution in [1.29, 1.82) is 0 Å². The quantitative estimate of drug-likeness (QED) is 0.712. The number of nitrogens with two attached hydrogens (primary N) is 1. The Labute approximate surface area is 115 Å². The predicted molar refractivity (Wildman–Crippen MR) is 75.1 cm³/mol. The normalized spacial score (nSPS) is 10.8. The maximum absolute atomic E-state index is 9.07. The molecular formula is C15H14N2O3. The van der Waals surface area contributed by atoms with Crippen LogP contribution in [0, 0.1) is 0 Å². The van der Waals surface area contributed by atoms with E-state index in [-0.39, 0.29) is 13.2 Å². The smallest absolute Gasteiger partial charge is 0.233 e. The van der Waals surface area contributed by atoms with Gasteiger partial charge in [0.1, 0.15) is 11.3 Å². The summed E-state index contributed by atoms with van der Waals surface area (Å²) < 4.78 is 11.2. The van der Waals surface area contributed by atoms with Crippen molar-refractivity contribution >= 4 is 16.8 Å². The van der Waals surface area contributed by atoms with Gasteiger partial charge in [0.15, 0.2) is 12.2 Å². The number of oxazole rings is 1. The number of fused-ring (bicyclic) bond motifs is 1. The Hall–Kier alpha value is -2.53. The second kappa shape index (κ2) is 5.22. The van der Waals surface area contributed by atoms with Gasteiger partial charge < -0.3 is 20.0 Å². The SMILES string of the molecule is Nc1cccc2oc(COc3cccc(CO)c3)nc12. The van der Waals surface area contributed by atoms with E-state index in [1.54, 1.807) is 12.1 Å². The van der Waals surface area contributed by atoms with Crippen LogP contribution in [0.1, 0.15) is 11.5 Å². The molecule has 0 aliphatic heterocycles. The van der Waals surface area contributed by atoms with E-state index in [1.165, 1.54) is 0 Å². The Morgan fingerprint density at radius 3 is 2.85 bits per heavy atom. The zero-order valence-electron chi connectivity index (χ0n) is 10.7. The van der Waals surface area contributed by atoms with Crippen LogP contribution in [0.5, 0.6) is 5.75 Å². The van der Waals surface area contributed by atoms with Crippen LogP contribution in [0.2, 0.25) is 0 Å². The summed E-state index contributed by atoms with van der Waals surface area (Å²) in [5.41, 5.74) is 8.50. The molecule has 0 bridgehead atoms. The van der Waals surface area contributed by atoms with Crippen LogP contribution in [0.3, 0.4) is 0 Å². The van der Waals surface area contributed by atoms with E-state index in [4.69, 9.17) is 20.0 Å². The van der Waals surface area contributed by atoms with Crippen LogP contribution < -0.4 is 10.5 Å². The number of rotatable bonds is 4. The number of benzene rings is 2. The van der Waals surface area contributed by atoms with E-state index in [0.717, 1.165) is 5.56 Å². The van der Waals surface area contributed by atoms with Gasteiger partial charge in [-0.2, -0.15) is 0 Å². The molecule has 5 heteroatoms. The number of anilines is 1. The fraction of sp³-hybridized carbons (Fsp3) is 0.133. The molecule has 0 spiro atoms. The third-order valence-electron chi connectivity index (χ3n) is 2.94. The number of hydrogen-bond donors (Lipinski definition) is 2. The van der Waals surface area contributed by atoms with Gasteiger partial charge in [-0.1, -0.05) is 18.2 Å². The highest BCUT2D eigenvalue weighted by Crippen LogP contribution is 2.22. The van der Waals surface area contributed by atoms with Crippen LogP contribution in [0.25, 0.3) is 11.1 Å². The first-order valence-corrected chi connectivity index (χ1v) is 6.23. The van der Waals surface area contributed by atoms with Crippen molar-refractivity contribution in [2.75, 3.05) is 5.73 Å². The van der Waals surface area contributed by atoms with Crippen LogP contribution in [0.4, 0.5) is 5.69 Å². The van der Waals surface area contributed by atoms with E-state index in [0.29, 0.717) is 28.4 Å². The van der Waals surface area contributed by atoms with Crippen molar-refractivity contribution < 1.29 is 14.3 Å². The molecule has 20 heavy (non-hydrogen) atoms. The second-order valence-corrected chi connectivity index (χ2v) is 4.40. The first-order valence-electron chi connectivity index (χ1n) is 6.23. The van der Waals surface area contributed by atoms with Crippen molar-refractivity contribution in [3.8, 4) is 5.75 Å². The molecule has 0 aliphatic carbocycles. The van der Waals surface area contributed by atoms with Crippen molar-refractivity contribution in [2.24, 2.45) is 0 Å². The molecule has 102 valence electrons. The van der Waals surface area contributed by atoms with Crippen molar-refractivity contribution in [2.45, 2.75) is 13.2 Å². The average Bonchev–Trinajstić information content (AvgIpc) is 2.90. The molecular weight excluding hydrogens is 256 g/mol. The van der Waals surface area contributed by atoms with Crippen LogP contribution in [-0.4, -0.2) is 10.1 Å². The van der Waals surface area contributed by atoms with E-state index in [9.17, 15) is 0 Å². The number of nitrogens with zero attached hydrogens (tertiary/aromatic N) is 1. The molecule has 0 saturated heterocycles. The molecule has 5 nitrogen and oxygen atoms in total. The zero-order valence-corrected chi connectivity index (χ0v) is 10.7. The van der Waals surface area contributed by atoms with Gasteiger partial charge in [-0.15, -0.1) is 0 Å². The molecule has 1 heterocycles. The summed E-state index contributed by atoms with van der Waals surface area (Å²) >= 11 is 0. The Bertz CT molecular complexity index is 737. The fourth-order valence-electron chi connectivity index (χ4n) is 1.96. The molecule has 3 rings (SSSR count). The van der Waals surface area contributed by atoms with Gasteiger partial charge in [0, 0.05) is 0 Å². The summed E-state index contributed by atoms with van der Waals surface area (Å²) in [5, 5.41) is 9.07. The lowest BCUT2D eigenvalue weighted by Gasteiger charge is -2.04. The zero-order chi connectivity index (χ0) is 13.9. The lowest BCUT2D eigenvalue weighted by molar-refractivity contribution is 0.262. The minimum absolute atomic E-state index is 0.0172. The third kappa shape index (κ3) is 2.44. The Balaban J connectivity index is 1.78. The molecule has 3 aromatic rings. The van der Waals surface area contributed by atoms with Crippen LogP contribution in [-0.2, 0) is 13.2 Å². The summed E-state index contributed by atoms with van der Waals surface area (Å²) in [6.07, 6.45) is 0. The molecule has 0 aliphatic rings. The average molecular weight is 270 g/mol. The maximum Gasteiger partial charge on any atom is 0.233 e. The van der Waals surface area contributed by atoms with Crippen molar-refractivity contribution in [3.63, 3.8) is 0 Å². The van der Waals surface area contributed by atoms with E-state index < -0.39 is 0 Å². The predicted octanol–water partition coefficient (Wildman–Crippen LogP) is 2.48. The Morgan fingerprint density at radius 1 is 1.20 bits per heavy atom. The molecule has 0 unspecified atom stereocenters. The van der Waals surface area contributed by atoms with Crippen molar-refractivity contribution in [3.05, 3.63) is 53.9 Å². The lowest BCUT2D eigenvalue weighted by atomic mass is 10.2. The van der Waals surface area contributed by atoms with Gasteiger partial charge in [-0.3, -0.25) is 0 Å². The monoisotopic (exact) mass is 270 g/mol. The van der Waals surface area contributed by atoms with E-state index in [1.807, 2.05) is 30.3 Å². The third-order valence-corrected chi connectivity index (χ3v) is 2.94. The van der Waals surface area contributed by atoms with Crippen LogP contribution in [0.15, 0.2) is 46.9 Å². The summed E-state index contributed by atoms with van der Waals surface area (Å²) in [6.45, 7) is 0.194. The maximum atomic E-state index is 9.07. The molecule has 0 saturated carbocycles.